The number of halogens is 3. The second-order valence-corrected chi connectivity index (χ2v) is 10.5. The van der Waals surface area contributed by atoms with E-state index in [2.05, 4.69) is 50.1 Å². The summed E-state index contributed by atoms with van der Waals surface area (Å²) in [7, 11) is 0. The molecule has 1 aliphatic heterocycles. The molecule has 1 fully saturated rings. The summed E-state index contributed by atoms with van der Waals surface area (Å²) in [5.74, 6) is -0.651. The Morgan fingerprint density at radius 1 is 1.03 bits per heavy atom. The highest BCUT2D eigenvalue weighted by molar-refractivity contribution is 9.10. The van der Waals surface area contributed by atoms with E-state index in [1.165, 1.54) is 12.1 Å². The number of amides is 1. The Kier molecular flexibility index (Phi) is 7.16. The first-order valence-corrected chi connectivity index (χ1v) is 13.1. The molecule has 2 atom stereocenters. The Morgan fingerprint density at radius 3 is 2.43 bits per heavy atom. The Labute approximate surface area is 220 Å². The van der Waals surface area contributed by atoms with E-state index in [0.29, 0.717) is 0 Å². The van der Waals surface area contributed by atoms with Crippen molar-refractivity contribution in [3.8, 4) is 5.75 Å². The molecule has 5 rings (SSSR count). The predicted octanol–water partition coefficient (Wildman–Crippen LogP) is 7.55. The van der Waals surface area contributed by atoms with Gasteiger partial charge in [-0.15, -0.1) is 0 Å². The van der Waals surface area contributed by atoms with Crippen molar-refractivity contribution in [2.75, 3.05) is 6.61 Å². The SMILES string of the molecule is O=C(COc1ccccc1F)N1N=C2/C(=C\c3ccc(Br)cc3)CCC[C@H]2[C@H]1c1ccc(Br)cc1. The zero-order chi connectivity index (χ0) is 24.4. The second-order valence-electron chi connectivity index (χ2n) is 8.66. The van der Waals surface area contributed by atoms with Crippen LogP contribution in [0.3, 0.4) is 0 Å². The number of hydrogen-bond donors (Lipinski definition) is 0. The van der Waals surface area contributed by atoms with Gasteiger partial charge in [-0.3, -0.25) is 4.79 Å². The summed E-state index contributed by atoms with van der Waals surface area (Å²) in [5, 5.41) is 6.40. The van der Waals surface area contributed by atoms with Gasteiger partial charge in [0.1, 0.15) is 0 Å². The molecule has 2 aliphatic rings. The second kappa shape index (κ2) is 10.5. The van der Waals surface area contributed by atoms with Crippen LogP contribution in [0.25, 0.3) is 6.08 Å². The van der Waals surface area contributed by atoms with E-state index in [4.69, 9.17) is 9.84 Å². The first-order chi connectivity index (χ1) is 17.0. The van der Waals surface area contributed by atoms with E-state index in [-0.39, 0.29) is 30.2 Å². The van der Waals surface area contributed by atoms with E-state index in [9.17, 15) is 9.18 Å². The van der Waals surface area contributed by atoms with Gasteiger partial charge >= 0.3 is 0 Å². The fourth-order valence-electron chi connectivity index (χ4n) is 4.73. The summed E-state index contributed by atoms with van der Waals surface area (Å²) in [6.45, 7) is -0.288. The summed E-state index contributed by atoms with van der Waals surface area (Å²) < 4.78 is 21.6. The van der Waals surface area contributed by atoms with Crippen LogP contribution in [0, 0.1) is 11.7 Å². The lowest BCUT2D eigenvalue weighted by molar-refractivity contribution is -0.135. The van der Waals surface area contributed by atoms with E-state index in [1.54, 1.807) is 17.1 Å². The van der Waals surface area contributed by atoms with Crippen molar-refractivity contribution in [2.24, 2.45) is 11.0 Å². The monoisotopic (exact) mass is 596 g/mol. The molecule has 0 aromatic heterocycles. The number of nitrogens with zero attached hydrogens (tertiary/aromatic N) is 2. The van der Waals surface area contributed by atoms with Gasteiger partial charge in [0, 0.05) is 14.9 Å². The number of ether oxygens (including phenoxy) is 1. The van der Waals surface area contributed by atoms with Gasteiger partial charge in [0.05, 0.1) is 11.8 Å². The van der Waals surface area contributed by atoms with Crippen LogP contribution in [0.2, 0.25) is 0 Å². The van der Waals surface area contributed by atoms with E-state index in [1.807, 2.05) is 36.4 Å². The largest absolute Gasteiger partial charge is 0.481 e. The van der Waals surface area contributed by atoms with Crippen molar-refractivity contribution in [3.63, 3.8) is 0 Å². The number of benzene rings is 3. The average molecular weight is 598 g/mol. The topological polar surface area (TPSA) is 41.9 Å². The van der Waals surface area contributed by atoms with E-state index >= 15 is 0 Å². The molecule has 0 unspecified atom stereocenters. The van der Waals surface area contributed by atoms with Gasteiger partial charge in [0.25, 0.3) is 5.91 Å². The molecular formula is C28H23Br2FN2O2. The Hall–Kier alpha value is -2.77. The van der Waals surface area contributed by atoms with Crippen molar-refractivity contribution >= 4 is 49.6 Å². The number of rotatable bonds is 5. The highest BCUT2D eigenvalue weighted by Crippen LogP contribution is 2.44. The maximum atomic E-state index is 14.0. The molecule has 3 aromatic rings. The molecule has 1 saturated carbocycles. The molecule has 0 N–H and O–H groups in total. The van der Waals surface area contributed by atoms with Gasteiger partial charge in [-0.1, -0.05) is 68.3 Å². The molecule has 0 spiro atoms. The molecule has 3 aromatic carbocycles. The van der Waals surface area contributed by atoms with Crippen LogP contribution >= 0.6 is 31.9 Å². The highest BCUT2D eigenvalue weighted by Gasteiger charge is 2.43. The van der Waals surface area contributed by atoms with Gasteiger partial charge in [-0.05, 0) is 78.4 Å². The highest BCUT2D eigenvalue weighted by atomic mass is 79.9. The van der Waals surface area contributed by atoms with Crippen LogP contribution in [-0.4, -0.2) is 23.2 Å². The summed E-state index contributed by atoms with van der Waals surface area (Å²) in [6.07, 6.45) is 5.04. The van der Waals surface area contributed by atoms with E-state index < -0.39 is 5.82 Å². The predicted molar refractivity (Wildman–Crippen MR) is 143 cm³/mol. The molecule has 0 saturated heterocycles. The zero-order valence-corrected chi connectivity index (χ0v) is 22.0. The average Bonchev–Trinajstić information content (AvgIpc) is 3.26. The number of fused-ring (bicyclic) bond motifs is 1. The van der Waals surface area contributed by atoms with Crippen LogP contribution in [0.15, 0.2) is 92.4 Å². The standard InChI is InChI=1S/C28H23Br2FN2O2/c29-21-12-8-18(9-13-21)16-20-4-3-5-23-27(20)32-33(28(23)19-10-14-22(30)15-11-19)26(34)17-35-25-7-2-1-6-24(25)31/h1-2,6-16,23,28H,3-5,17H2/b20-16-/t23-,28-/m1/s1. The van der Waals surface area contributed by atoms with Gasteiger partial charge in [0.2, 0.25) is 0 Å². The molecule has 1 amide bonds. The van der Waals surface area contributed by atoms with Gasteiger partial charge in [-0.2, -0.15) is 5.10 Å². The Bertz CT molecular complexity index is 1290. The van der Waals surface area contributed by atoms with Gasteiger partial charge in [0.15, 0.2) is 18.2 Å². The number of hydrazone groups is 1. The van der Waals surface area contributed by atoms with Crippen LogP contribution in [-0.2, 0) is 4.79 Å². The molecule has 1 heterocycles. The minimum atomic E-state index is -0.495. The van der Waals surface area contributed by atoms with Crippen molar-refractivity contribution in [3.05, 3.63) is 104 Å². The minimum absolute atomic E-state index is 0.0566. The fourth-order valence-corrected chi connectivity index (χ4v) is 5.26. The van der Waals surface area contributed by atoms with Gasteiger partial charge in [-0.25, -0.2) is 9.40 Å². The van der Waals surface area contributed by atoms with Crippen LogP contribution < -0.4 is 4.74 Å². The van der Waals surface area contributed by atoms with Crippen LogP contribution in [0.1, 0.15) is 36.4 Å². The summed E-state index contributed by atoms with van der Waals surface area (Å²) in [4.78, 5) is 13.4. The molecule has 0 bridgehead atoms. The molecule has 1 aliphatic carbocycles. The molecule has 7 heteroatoms. The van der Waals surface area contributed by atoms with Crippen molar-refractivity contribution in [1.29, 1.82) is 0 Å². The Morgan fingerprint density at radius 2 is 1.71 bits per heavy atom. The third-order valence-corrected chi connectivity index (χ3v) is 7.42. The van der Waals surface area contributed by atoms with Crippen molar-refractivity contribution in [1.82, 2.24) is 5.01 Å². The molecule has 4 nitrogen and oxygen atoms in total. The number of carbonyl (C=O) groups excluding carboxylic acids is 1. The minimum Gasteiger partial charge on any atom is -0.481 e. The number of carbonyl (C=O) groups is 1. The maximum absolute atomic E-state index is 14.0. The third-order valence-electron chi connectivity index (χ3n) is 6.37. The quantitative estimate of drug-likeness (QED) is 0.305. The fraction of sp³-hybridized carbons (Fsp3) is 0.214. The van der Waals surface area contributed by atoms with Gasteiger partial charge < -0.3 is 4.74 Å². The Balaban J connectivity index is 1.47. The first-order valence-electron chi connectivity index (χ1n) is 11.5. The lowest BCUT2D eigenvalue weighted by Gasteiger charge is -2.29. The number of para-hydroxylation sites is 1. The third kappa shape index (κ3) is 5.26. The maximum Gasteiger partial charge on any atom is 0.281 e. The number of hydrogen-bond acceptors (Lipinski definition) is 3. The molecule has 0 radical (unpaired) electrons. The summed E-state index contributed by atoms with van der Waals surface area (Å²) >= 11 is 6.99. The van der Waals surface area contributed by atoms with Crippen molar-refractivity contribution in [2.45, 2.75) is 25.3 Å². The smallest absolute Gasteiger partial charge is 0.281 e. The number of allylic oxidation sites excluding steroid dienone is 1. The van der Waals surface area contributed by atoms with E-state index in [0.717, 1.165) is 50.6 Å². The van der Waals surface area contributed by atoms with Crippen LogP contribution in [0.5, 0.6) is 5.75 Å². The lowest BCUT2D eigenvalue weighted by atomic mass is 9.77. The summed E-state index contributed by atoms with van der Waals surface area (Å²) in [5.41, 5.74) is 4.21. The first kappa shape index (κ1) is 23.9. The summed E-state index contributed by atoms with van der Waals surface area (Å²) in [6, 6.07) is 22.0. The van der Waals surface area contributed by atoms with Crippen LogP contribution in [0.4, 0.5) is 4.39 Å². The molecular weight excluding hydrogens is 575 g/mol. The molecule has 35 heavy (non-hydrogen) atoms. The van der Waals surface area contributed by atoms with Crippen molar-refractivity contribution < 1.29 is 13.9 Å². The lowest BCUT2D eigenvalue weighted by Crippen LogP contribution is -2.34. The normalized spacial score (nSPS) is 20.5. The zero-order valence-electron chi connectivity index (χ0n) is 18.8. The molecule has 178 valence electrons.